The molecule has 3 nitrogen and oxygen atoms in total. The van der Waals surface area contributed by atoms with Crippen molar-refractivity contribution in [3.8, 4) is 0 Å². The average Bonchev–Trinajstić information content (AvgIpc) is 1.86. The van der Waals surface area contributed by atoms with Crippen LogP contribution in [0.2, 0.25) is 0 Å². The van der Waals surface area contributed by atoms with E-state index in [4.69, 9.17) is 5.73 Å². The Hall–Kier alpha value is -0.570. The van der Waals surface area contributed by atoms with E-state index in [1.54, 1.807) is 0 Å². The number of carbonyl (C=O) groups is 1. The van der Waals surface area contributed by atoms with Gasteiger partial charge in [0.2, 0.25) is 5.91 Å². The lowest BCUT2D eigenvalue weighted by atomic mass is 10.2. The number of hydrogen-bond donors (Lipinski definition) is 1. The van der Waals surface area contributed by atoms with Gasteiger partial charge in [0.25, 0.3) is 0 Å². The molecular weight excluding hydrogens is 152 g/mol. The van der Waals surface area contributed by atoms with Crippen LogP contribution in [-0.4, -0.2) is 32.0 Å². The Bertz CT molecular complexity index is 99.9. The lowest BCUT2D eigenvalue weighted by Crippen LogP contribution is -2.09. The van der Waals surface area contributed by atoms with Gasteiger partial charge in [-0.1, -0.05) is 19.8 Å². The van der Waals surface area contributed by atoms with Crippen molar-refractivity contribution in [1.82, 2.24) is 4.90 Å². The van der Waals surface area contributed by atoms with Gasteiger partial charge in [0, 0.05) is 6.42 Å². The molecule has 0 saturated heterocycles. The van der Waals surface area contributed by atoms with Crippen molar-refractivity contribution >= 4 is 5.91 Å². The largest absolute Gasteiger partial charge is 0.370 e. The van der Waals surface area contributed by atoms with Gasteiger partial charge in [0.15, 0.2) is 0 Å². The summed E-state index contributed by atoms with van der Waals surface area (Å²) in [4.78, 5) is 12.1. The van der Waals surface area contributed by atoms with Crippen LogP contribution in [0.15, 0.2) is 0 Å². The molecular formula is C9H22N2O. The third kappa shape index (κ3) is 34.1. The van der Waals surface area contributed by atoms with E-state index in [2.05, 4.69) is 6.92 Å². The molecule has 0 aromatic rings. The molecule has 0 aliphatic carbocycles. The summed E-state index contributed by atoms with van der Waals surface area (Å²) < 4.78 is 0. The molecule has 12 heavy (non-hydrogen) atoms. The summed E-state index contributed by atoms with van der Waals surface area (Å²) in [7, 11) is 6.00. The van der Waals surface area contributed by atoms with E-state index in [1.165, 1.54) is 0 Å². The summed E-state index contributed by atoms with van der Waals surface area (Å²) in [5.41, 5.74) is 4.89. The maximum Gasteiger partial charge on any atom is 0.217 e. The van der Waals surface area contributed by atoms with Crippen LogP contribution in [0.1, 0.15) is 32.6 Å². The smallest absolute Gasteiger partial charge is 0.217 e. The van der Waals surface area contributed by atoms with Crippen LogP contribution in [0, 0.1) is 0 Å². The molecule has 0 fully saturated rings. The van der Waals surface area contributed by atoms with Gasteiger partial charge >= 0.3 is 0 Å². The second kappa shape index (κ2) is 10.4. The molecule has 0 saturated carbocycles. The monoisotopic (exact) mass is 174 g/mol. The summed E-state index contributed by atoms with van der Waals surface area (Å²) in [5, 5.41) is 0. The number of amides is 1. The van der Waals surface area contributed by atoms with E-state index < -0.39 is 0 Å². The first-order valence-electron chi connectivity index (χ1n) is 4.40. The standard InChI is InChI=1S/C6H13NO.C3H9N/c1-2-3-4-5-6(7)8;1-4(2)3/h2-5H2,1H3,(H2,7,8);1-3H3. The van der Waals surface area contributed by atoms with Crippen LogP contribution in [0.5, 0.6) is 0 Å². The van der Waals surface area contributed by atoms with E-state index in [1.807, 2.05) is 26.0 Å². The third-order valence-corrected chi connectivity index (χ3v) is 1.03. The fourth-order valence-electron chi connectivity index (χ4n) is 0.549. The molecule has 0 heterocycles. The van der Waals surface area contributed by atoms with Crippen molar-refractivity contribution < 1.29 is 4.79 Å². The van der Waals surface area contributed by atoms with E-state index in [9.17, 15) is 4.79 Å². The first-order chi connectivity index (χ1) is 5.50. The zero-order valence-corrected chi connectivity index (χ0v) is 8.76. The Labute approximate surface area is 75.9 Å². The molecule has 74 valence electrons. The second-order valence-electron chi connectivity index (χ2n) is 3.27. The number of unbranched alkanes of at least 4 members (excludes halogenated alkanes) is 2. The highest BCUT2D eigenvalue weighted by molar-refractivity contribution is 5.73. The zero-order valence-electron chi connectivity index (χ0n) is 8.76. The normalized spacial score (nSPS) is 9.08. The SMILES string of the molecule is CCCCCC(N)=O.CN(C)C. The van der Waals surface area contributed by atoms with Crippen molar-refractivity contribution in [3.63, 3.8) is 0 Å². The molecule has 0 aliphatic rings. The van der Waals surface area contributed by atoms with Crippen molar-refractivity contribution in [3.05, 3.63) is 0 Å². The van der Waals surface area contributed by atoms with E-state index in [-0.39, 0.29) is 5.91 Å². The molecule has 0 unspecified atom stereocenters. The molecule has 1 amide bonds. The molecule has 0 aromatic heterocycles. The molecule has 0 radical (unpaired) electrons. The maximum atomic E-state index is 10.1. The van der Waals surface area contributed by atoms with Crippen LogP contribution in [0.4, 0.5) is 0 Å². The minimum Gasteiger partial charge on any atom is -0.370 e. The number of nitrogens with zero attached hydrogens (tertiary/aromatic N) is 1. The Kier molecular flexibility index (Phi) is 12.2. The minimum atomic E-state index is -0.182. The Morgan fingerprint density at radius 1 is 1.25 bits per heavy atom. The van der Waals surface area contributed by atoms with Gasteiger partial charge in [0.05, 0.1) is 0 Å². The van der Waals surface area contributed by atoms with E-state index in [0.717, 1.165) is 19.3 Å². The van der Waals surface area contributed by atoms with Crippen molar-refractivity contribution in [2.24, 2.45) is 5.73 Å². The minimum absolute atomic E-state index is 0.182. The van der Waals surface area contributed by atoms with Gasteiger partial charge in [-0.05, 0) is 27.6 Å². The summed E-state index contributed by atoms with van der Waals surface area (Å²) in [6.07, 6.45) is 3.76. The highest BCUT2D eigenvalue weighted by Crippen LogP contribution is 1.96. The lowest BCUT2D eigenvalue weighted by molar-refractivity contribution is -0.118. The predicted octanol–water partition coefficient (Wildman–Crippen LogP) is 1.23. The van der Waals surface area contributed by atoms with Crippen molar-refractivity contribution in [2.45, 2.75) is 32.6 Å². The molecule has 0 atom stereocenters. The van der Waals surface area contributed by atoms with Gasteiger partial charge in [-0.3, -0.25) is 4.79 Å². The zero-order chi connectivity index (χ0) is 9.98. The first-order valence-corrected chi connectivity index (χ1v) is 4.40. The topological polar surface area (TPSA) is 46.3 Å². The van der Waals surface area contributed by atoms with Crippen LogP contribution < -0.4 is 5.73 Å². The molecule has 2 N–H and O–H groups in total. The summed E-state index contributed by atoms with van der Waals surface area (Å²) in [6, 6.07) is 0. The van der Waals surface area contributed by atoms with Crippen LogP contribution in [0.25, 0.3) is 0 Å². The Morgan fingerprint density at radius 2 is 1.67 bits per heavy atom. The van der Waals surface area contributed by atoms with Gasteiger partial charge in [-0.2, -0.15) is 0 Å². The van der Waals surface area contributed by atoms with Crippen LogP contribution in [0.3, 0.4) is 0 Å². The van der Waals surface area contributed by atoms with Gasteiger partial charge in [0.1, 0.15) is 0 Å². The predicted molar refractivity (Wildman–Crippen MR) is 52.9 cm³/mol. The summed E-state index contributed by atoms with van der Waals surface area (Å²) >= 11 is 0. The number of nitrogens with two attached hydrogens (primary N) is 1. The lowest BCUT2D eigenvalue weighted by Gasteiger charge is -1.90. The van der Waals surface area contributed by atoms with Gasteiger partial charge < -0.3 is 10.6 Å². The Morgan fingerprint density at radius 3 is 1.92 bits per heavy atom. The number of rotatable bonds is 4. The van der Waals surface area contributed by atoms with Crippen LogP contribution in [-0.2, 0) is 4.79 Å². The van der Waals surface area contributed by atoms with Crippen molar-refractivity contribution in [1.29, 1.82) is 0 Å². The molecule has 0 bridgehead atoms. The number of carbonyl (C=O) groups excluding carboxylic acids is 1. The molecule has 0 spiro atoms. The quantitative estimate of drug-likeness (QED) is 0.652. The van der Waals surface area contributed by atoms with Crippen LogP contribution >= 0.6 is 0 Å². The van der Waals surface area contributed by atoms with Gasteiger partial charge in [-0.25, -0.2) is 0 Å². The first kappa shape index (κ1) is 14.0. The highest BCUT2D eigenvalue weighted by Gasteiger charge is 1.90. The summed E-state index contributed by atoms with van der Waals surface area (Å²) in [5.74, 6) is -0.182. The average molecular weight is 174 g/mol. The summed E-state index contributed by atoms with van der Waals surface area (Å²) in [6.45, 7) is 2.10. The highest BCUT2D eigenvalue weighted by atomic mass is 16.1. The number of hydrogen-bond acceptors (Lipinski definition) is 2. The molecule has 3 heteroatoms. The van der Waals surface area contributed by atoms with Gasteiger partial charge in [-0.15, -0.1) is 0 Å². The fraction of sp³-hybridized carbons (Fsp3) is 0.889. The third-order valence-electron chi connectivity index (χ3n) is 1.03. The number of primary amides is 1. The van der Waals surface area contributed by atoms with E-state index in [0.29, 0.717) is 6.42 Å². The van der Waals surface area contributed by atoms with E-state index >= 15 is 0 Å². The van der Waals surface area contributed by atoms with Crippen molar-refractivity contribution in [2.75, 3.05) is 21.1 Å². The molecule has 0 aliphatic heterocycles. The molecule has 0 aromatic carbocycles. The molecule has 0 rings (SSSR count). The maximum absolute atomic E-state index is 10.1. The Balaban J connectivity index is 0. The second-order valence-corrected chi connectivity index (χ2v) is 3.27. The fourth-order valence-corrected chi connectivity index (χ4v) is 0.549.